The first-order valence-corrected chi connectivity index (χ1v) is 8.37. The van der Waals surface area contributed by atoms with Crippen LogP contribution in [0, 0.1) is 0 Å². The summed E-state index contributed by atoms with van der Waals surface area (Å²) in [6, 6.07) is 3.20. The van der Waals surface area contributed by atoms with Crippen LogP contribution in [-0.4, -0.2) is 35.8 Å². The van der Waals surface area contributed by atoms with E-state index >= 15 is 0 Å². The highest BCUT2D eigenvalue weighted by atomic mass is 32.2. The monoisotopic (exact) mass is 311 g/mol. The minimum Gasteiger partial charge on any atom is -0.363 e. The average Bonchev–Trinajstić information content (AvgIpc) is 3.06. The van der Waals surface area contributed by atoms with Crippen molar-refractivity contribution < 1.29 is 8.42 Å². The van der Waals surface area contributed by atoms with Crippen LogP contribution in [0.3, 0.4) is 0 Å². The maximum atomic E-state index is 12.3. The Kier molecular flexibility index (Phi) is 5.16. The van der Waals surface area contributed by atoms with Crippen molar-refractivity contribution in [3.63, 3.8) is 0 Å². The van der Waals surface area contributed by atoms with E-state index in [9.17, 15) is 8.42 Å². The van der Waals surface area contributed by atoms with Gasteiger partial charge in [-0.15, -0.1) is 0 Å². The Balaban J connectivity index is 1.98. The molecule has 0 bridgehead atoms. The zero-order valence-electron chi connectivity index (χ0n) is 12.2. The van der Waals surface area contributed by atoms with Crippen LogP contribution in [0.5, 0.6) is 0 Å². The van der Waals surface area contributed by atoms with Gasteiger partial charge in [0, 0.05) is 36.9 Å². The Morgan fingerprint density at radius 3 is 2.95 bits per heavy atom. The number of nitrogens with one attached hydrogen (secondary N) is 3. The number of aromatic amines is 1. The van der Waals surface area contributed by atoms with Crippen LogP contribution in [0.15, 0.2) is 35.6 Å². The van der Waals surface area contributed by atoms with Gasteiger partial charge in [0.2, 0.25) is 10.0 Å². The zero-order valence-corrected chi connectivity index (χ0v) is 13.0. The second kappa shape index (κ2) is 6.88. The molecule has 2 heterocycles. The van der Waals surface area contributed by atoms with E-state index in [1.807, 2.05) is 13.8 Å². The molecule has 0 fully saturated rings. The molecule has 0 aromatic carbocycles. The highest BCUT2D eigenvalue weighted by Crippen LogP contribution is 2.11. The third-order valence-corrected chi connectivity index (χ3v) is 4.54. The molecular weight excluding hydrogens is 290 g/mol. The quantitative estimate of drug-likeness (QED) is 0.669. The molecule has 7 nitrogen and oxygen atoms in total. The lowest BCUT2D eigenvalue weighted by atomic mass is 10.4. The molecule has 0 aliphatic carbocycles. The molecule has 21 heavy (non-hydrogen) atoms. The number of sulfonamides is 1. The normalized spacial score (nSPS) is 13.4. The van der Waals surface area contributed by atoms with Gasteiger partial charge >= 0.3 is 0 Å². The van der Waals surface area contributed by atoms with Crippen molar-refractivity contribution in [2.24, 2.45) is 0 Å². The summed E-state index contributed by atoms with van der Waals surface area (Å²) in [6.07, 6.45) is 4.98. The summed E-state index contributed by atoms with van der Waals surface area (Å²) in [6.45, 7) is 5.75. The Morgan fingerprint density at radius 1 is 1.48 bits per heavy atom. The molecule has 0 amide bonds. The maximum absolute atomic E-state index is 12.3. The summed E-state index contributed by atoms with van der Waals surface area (Å²) >= 11 is 0. The van der Waals surface area contributed by atoms with E-state index in [1.165, 1.54) is 6.20 Å². The predicted molar refractivity (Wildman–Crippen MR) is 80.2 cm³/mol. The molecular formula is C13H21N5O2S. The molecule has 2 rings (SSSR count). The van der Waals surface area contributed by atoms with Crippen molar-refractivity contribution in [1.82, 2.24) is 24.8 Å². The average molecular weight is 311 g/mol. The van der Waals surface area contributed by atoms with Gasteiger partial charge in [-0.05, 0) is 25.6 Å². The highest BCUT2D eigenvalue weighted by molar-refractivity contribution is 7.89. The smallest absolute Gasteiger partial charge is 0.242 e. The second-order valence-corrected chi connectivity index (χ2v) is 6.61. The molecule has 0 aliphatic heterocycles. The van der Waals surface area contributed by atoms with Crippen molar-refractivity contribution in [2.75, 3.05) is 6.54 Å². The molecule has 2 aromatic heterocycles. The fraction of sp³-hybridized carbons (Fsp3) is 0.462. The molecule has 116 valence electrons. The lowest BCUT2D eigenvalue weighted by Crippen LogP contribution is -2.35. The van der Waals surface area contributed by atoms with E-state index in [1.54, 1.807) is 29.2 Å². The fourth-order valence-corrected chi connectivity index (χ4v) is 3.25. The minimum atomic E-state index is -3.52. The summed E-state index contributed by atoms with van der Waals surface area (Å²) in [7, 11) is -3.52. The van der Waals surface area contributed by atoms with Gasteiger partial charge in [0.25, 0.3) is 0 Å². The predicted octanol–water partition coefficient (Wildman–Crippen LogP) is 0.688. The van der Waals surface area contributed by atoms with Gasteiger partial charge in [-0.25, -0.2) is 13.1 Å². The largest absolute Gasteiger partial charge is 0.363 e. The molecule has 1 unspecified atom stereocenters. The van der Waals surface area contributed by atoms with E-state index in [0.717, 1.165) is 12.2 Å². The van der Waals surface area contributed by atoms with Gasteiger partial charge in [-0.3, -0.25) is 4.68 Å². The molecule has 0 saturated heterocycles. The number of aromatic nitrogens is 3. The highest BCUT2D eigenvalue weighted by Gasteiger charge is 2.19. The lowest BCUT2D eigenvalue weighted by molar-refractivity contribution is 0.494. The number of rotatable bonds is 8. The molecule has 3 N–H and O–H groups in total. The van der Waals surface area contributed by atoms with Gasteiger partial charge in [0.1, 0.15) is 0 Å². The molecule has 0 aliphatic rings. The Bertz CT molecular complexity index is 648. The summed E-state index contributed by atoms with van der Waals surface area (Å²) in [5, 5.41) is 7.21. The van der Waals surface area contributed by atoms with E-state index < -0.39 is 10.0 Å². The molecule has 1 atom stereocenters. The minimum absolute atomic E-state index is 0.248. The number of nitrogens with zero attached hydrogens (tertiary/aromatic N) is 2. The second-order valence-electron chi connectivity index (χ2n) is 4.89. The summed E-state index contributed by atoms with van der Waals surface area (Å²) < 4.78 is 28.9. The van der Waals surface area contributed by atoms with Gasteiger partial charge in [0.05, 0.1) is 11.4 Å². The van der Waals surface area contributed by atoms with Crippen LogP contribution in [-0.2, 0) is 23.1 Å². The number of hydrogen-bond acceptors (Lipinski definition) is 4. The van der Waals surface area contributed by atoms with Gasteiger partial charge < -0.3 is 10.3 Å². The first-order chi connectivity index (χ1) is 10.0. The Hall–Kier alpha value is -1.64. The SMILES string of the molecule is CCNCc1cc(S(=O)(=O)NC(C)Cn2cccn2)c[nH]1. The van der Waals surface area contributed by atoms with Crippen LogP contribution in [0.4, 0.5) is 0 Å². The van der Waals surface area contributed by atoms with Gasteiger partial charge in [-0.1, -0.05) is 6.92 Å². The topological polar surface area (TPSA) is 91.8 Å². The van der Waals surface area contributed by atoms with Crippen molar-refractivity contribution in [3.8, 4) is 0 Å². The maximum Gasteiger partial charge on any atom is 0.242 e. The standard InChI is InChI=1S/C13H21N5O2S/c1-3-14-8-12-7-13(9-15-12)21(19,20)17-11(2)10-18-6-4-5-16-18/h4-7,9,11,14-15,17H,3,8,10H2,1-2H3. The molecule has 8 heteroatoms. The summed E-state index contributed by atoms with van der Waals surface area (Å²) in [4.78, 5) is 3.22. The first kappa shape index (κ1) is 15.7. The van der Waals surface area contributed by atoms with E-state index in [0.29, 0.717) is 13.1 Å². The van der Waals surface area contributed by atoms with E-state index in [2.05, 4.69) is 20.1 Å². The Morgan fingerprint density at radius 2 is 2.29 bits per heavy atom. The fourth-order valence-electron chi connectivity index (χ4n) is 1.99. The molecule has 2 aromatic rings. The van der Waals surface area contributed by atoms with Crippen LogP contribution >= 0.6 is 0 Å². The lowest BCUT2D eigenvalue weighted by Gasteiger charge is -2.13. The zero-order chi connectivity index (χ0) is 15.3. The van der Waals surface area contributed by atoms with Gasteiger partial charge in [0.15, 0.2) is 0 Å². The van der Waals surface area contributed by atoms with E-state index in [4.69, 9.17) is 0 Å². The van der Waals surface area contributed by atoms with Crippen molar-refractivity contribution in [1.29, 1.82) is 0 Å². The van der Waals surface area contributed by atoms with Crippen molar-refractivity contribution in [2.45, 2.75) is 37.9 Å². The first-order valence-electron chi connectivity index (χ1n) is 6.89. The van der Waals surface area contributed by atoms with E-state index in [-0.39, 0.29) is 10.9 Å². The van der Waals surface area contributed by atoms with Crippen LogP contribution in [0.1, 0.15) is 19.5 Å². The summed E-state index contributed by atoms with van der Waals surface area (Å²) in [5.41, 5.74) is 0.844. The number of hydrogen-bond donors (Lipinski definition) is 3. The third kappa shape index (κ3) is 4.42. The summed E-state index contributed by atoms with van der Waals surface area (Å²) in [5.74, 6) is 0. The van der Waals surface area contributed by atoms with Crippen LogP contribution < -0.4 is 10.0 Å². The Labute approximate surface area is 124 Å². The molecule has 0 radical (unpaired) electrons. The van der Waals surface area contributed by atoms with Gasteiger partial charge in [-0.2, -0.15) is 5.10 Å². The molecule has 0 spiro atoms. The number of H-pyrrole nitrogens is 1. The van der Waals surface area contributed by atoms with Crippen molar-refractivity contribution >= 4 is 10.0 Å². The van der Waals surface area contributed by atoms with Crippen LogP contribution in [0.25, 0.3) is 0 Å². The van der Waals surface area contributed by atoms with Crippen molar-refractivity contribution in [3.05, 3.63) is 36.4 Å². The van der Waals surface area contributed by atoms with Crippen LogP contribution in [0.2, 0.25) is 0 Å². The molecule has 0 saturated carbocycles. The third-order valence-electron chi connectivity index (χ3n) is 2.97.